The monoisotopic (exact) mass is 223 g/mol. The van der Waals surface area contributed by atoms with E-state index in [0.717, 1.165) is 6.08 Å². The number of nitro groups is 1. The maximum Gasteiger partial charge on any atom is 0.274 e. The lowest BCUT2D eigenvalue weighted by atomic mass is 10.1. The summed E-state index contributed by atoms with van der Waals surface area (Å²) in [5.74, 6) is 2.00. The smallest absolute Gasteiger partial charge is 0.274 e. The van der Waals surface area contributed by atoms with Gasteiger partial charge >= 0.3 is 0 Å². The van der Waals surface area contributed by atoms with Crippen LogP contribution in [0.25, 0.3) is 6.08 Å². The average molecular weight is 223 g/mol. The van der Waals surface area contributed by atoms with Crippen molar-refractivity contribution in [3.05, 3.63) is 27.8 Å². The van der Waals surface area contributed by atoms with Crippen LogP contribution in [0.15, 0.2) is 12.1 Å². The first-order valence-electron chi connectivity index (χ1n) is 4.25. The summed E-state index contributed by atoms with van der Waals surface area (Å²) in [6, 6.07) is 2.44. The molecule has 6 heteroatoms. The number of benzene rings is 1. The van der Waals surface area contributed by atoms with E-state index < -0.39 is 4.92 Å². The number of hydrogen-bond acceptors (Lipinski definition) is 5. The number of nitrogens with zero attached hydrogens (tertiary/aromatic N) is 1. The average Bonchev–Trinajstić information content (AvgIpc) is 2.28. The van der Waals surface area contributed by atoms with E-state index in [2.05, 4.69) is 0 Å². The minimum absolute atomic E-state index is 0.181. The van der Waals surface area contributed by atoms with E-state index in [1.165, 1.54) is 26.4 Å². The summed E-state index contributed by atoms with van der Waals surface area (Å²) in [6.45, 7) is 0. The van der Waals surface area contributed by atoms with Gasteiger partial charge in [-0.05, 0) is 0 Å². The Hall–Kier alpha value is -2.33. The first-order chi connectivity index (χ1) is 7.63. The summed E-state index contributed by atoms with van der Waals surface area (Å²) in [7, 11) is 2.74. The summed E-state index contributed by atoms with van der Waals surface area (Å²) >= 11 is 0. The van der Waals surface area contributed by atoms with Crippen molar-refractivity contribution in [1.29, 1.82) is 0 Å². The molecule has 0 spiro atoms. The summed E-state index contributed by atoms with van der Waals surface area (Å²) in [5.41, 5.74) is 0.0719. The summed E-state index contributed by atoms with van der Waals surface area (Å²) in [5, 5.41) is 10.6. The molecule has 0 atom stereocenters. The van der Waals surface area contributed by atoms with E-state index >= 15 is 0 Å². The van der Waals surface area contributed by atoms with Gasteiger partial charge < -0.3 is 9.47 Å². The molecule has 0 aliphatic rings. The molecule has 0 amide bonds. The molecule has 0 saturated carbocycles. The van der Waals surface area contributed by atoms with Crippen LogP contribution in [0.1, 0.15) is 5.56 Å². The van der Waals surface area contributed by atoms with Crippen LogP contribution in [-0.2, 0) is 4.79 Å². The molecule has 1 aromatic carbocycles. The molecule has 6 nitrogen and oxygen atoms in total. The molecule has 0 fully saturated rings. The number of methoxy groups -OCH3 is 2. The molecule has 1 rings (SSSR count). The molecule has 0 aliphatic heterocycles. The van der Waals surface area contributed by atoms with Crippen molar-refractivity contribution in [3.8, 4) is 11.5 Å². The predicted octanol–water partition coefficient (Wildman–Crippen LogP) is 1.46. The van der Waals surface area contributed by atoms with E-state index in [-0.39, 0.29) is 22.7 Å². The van der Waals surface area contributed by atoms with Crippen molar-refractivity contribution in [2.75, 3.05) is 14.2 Å². The van der Waals surface area contributed by atoms with Crippen molar-refractivity contribution in [2.45, 2.75) is 0 Å². The number of nitro benzene ring substituents is 1. The highest BCUT2D eigenvalue weighted by molar-refractivity contribution is 5.80. The molecule has 1 aromatic rings. The number of rotatable bonds is 4. The fraction of sp³-hybridized carbons (Fsp3) is 0.200. The van der Waals surface area contributed by atoms with Gasteiger partial charge in [0.05, 0.1) is 25.2 Å². The van der Waals surface area contributed by atoms with Crippen LogP contribution < -0.4 is 9.47 Å². The van der Waals surface area contributed by atoms with Crippen LogP contribution in [0.5, 0.6) is 11.5 Å². The minimum atomic E-state index is -0.579. The summed E-state index contributed by atoms with van der Waals surface area (Å²) < 4.78 is 9.93. The Morgan fingerprint density at radius 3 is 2.50 bits per heavy atom. The molecule has 0 saturated heterocycles. The van der Waals surface area contributed by atoms with Crippen LogP contribution in [-0.4, -0.2) is 25.1 Å². The lowest BCUT2D eigenvalue weighted by molar-refractivity contribution is -0.385. The van der Waals surface area contributed by atoms with Gasteiger partial charge in [0.1, 0.15) is 5.94 Å². The predicted molar refractivity (Wildman–Crippen MR) is 56.4 cm³/mol. The standard InChI is InChI=1S/C10H9NO5/c1-15-9-6-8(11(13)14)5-7(3-4-12)10(9)16-2/h3,5-6H,1-2H3. The second kappa shape index (κ2) is 4.95. The molecule has 0 unspecified atom stereocenters. The fourth-order valence-corrected chi connectivity index (χ4v) is 1.25. The number of ether oxygens (including phenoxy) is 2. The largest absolute Gasteiger partial charge is 0.493 e. The third-order valence-corrected chi connectivity index (χ3v) is 1.92. The zero-order valence-corrected chi connectivity index (χ0v) is 8.72. The second-order valence-corrected chi connectivity index (χ2v) is 2.79. The Kier molecular flexibility index (Phi) is 3.63. The Morgan fingerprint density at radius 1 is 1.38 bits per heavy atom. The maximum absolute atomic E-state index is 10.6. The zero-order chi connectivity index (χ0) is 12.1. The van der Waals surface area contributed by atoms with Crippen molar-refractivity contribution in [3.63, 3.8) is 0 Å². The van der Waals surface area contributed by atoms with Gasteiger partial charge in [0.2, 0.25) is 0 Å². The molecular formula is C10H9NO5. The number of hydrogen-bond donors (Lipinski definition) is 0. The second-order valence-electron chi connectivity index (χ2n) is 2.79. The number of non-ortho nitro benzene ring substituents is 1. The SMILES string of the molecule is COc1cc([N+](=O)[O-])cc(C=C=O)c1OC. The molecule has 0 aromatic heterocycles. The maximum atomic E-state index is 10.6. The molecule has 16 heavy (non-hydrogen) atoms. The number of carbonyl (C=O) groups excluding carboxylic acids is 1. The quantitative estimate of drug-likeness (QED) is 0.438. The topological polar surface area (TPSA) is 78.7 Å². The molecular weight excluding hydrogens is 214 g/mol. The first kappa shape index (κ1) is 11.7. The highest BCUT2D eigenvalue weighted by atomic mass is 16.6. The van der Waals surface area contributed by atoms with Gasteiger partial charge in [-0.3, -0.25) is 10.1 Å². The van der Waals surface area contributed by atoms with E-state index in [9.17, 15) is 14.9 Å². The van der Waals surface area contributed by atoms with Gasteiger partial charge in [-0.15, -0.1) is 0 Å². The van der Waals surface area contributed by atoms with Crippen molar-refractivity contribution < 1.29 is 19.2 Å². The lowest BCUT2D eigenvalue weighted by Crippen LogP contribution is -1.96. The molecule has 0 N–H and O–H groups in total. The van der Waals surface area contributed by atoms with Crippen molar-refractivity contribution >= 4 is 17.7 Å². The third kappa shape index (κ3) is 2.18. The molecule has 0 radical (unpaired) electrons. The first-order valence-corrected chi connectivity index (χ1v) is 4.25. The Balaban J connectivity index is 3.48. The van der Waals surface area contributed by atoms with Gasteiger partial charge in [0.25, 0.3) is 5.69 Å². The molecule has 0 bridgehead atoms. The Bertz CT molecular complexity index is 463. The van der Waals surface area contributed by atoms with Crippen LogP contribution in [0.2, 0.25) is 0 Å². The van der Waals surface area contributed by atoms with Gasteiger partial charge in [-0.25, -0.2) is 4.79 Å². The van der Waals surface area contributed by atoms with Gasteiger partial charge in [-0.1, -0.05) is 0 Å². The zero-order valence-electron chi connectivity index (χ0n) is 8.72. The summed E-state index contributed by atoms with van der Waals surface area (Å²) in [4.78, 5) is 20.3. The Morgan fingerprint density at radius 2 is 2.06 bits per heavy atom. The van der Waals surface area contributed by atoms with Crippen LogP contribution >= 0.6 is 0 Å². The molecule has 0 heterocycles. The fourth-order valence-electron chi connectivity index (χ4n) is 1.25. The highest BCUT2D eigenvalue weighted by Crippen LogP contribution is 2.35. The van der Waals surface area contributed by atoms with Crippen molar-refractivity contribution in [2.24, 2.45) is 0 Å². The lowest BCUT2D eigenvalue weighted by Gasteiger charge is -2.09. The third-order valence-electron chi connectivity index (χ3n) is 1.92. The van der Waals surface area contributed by atoms with E-state index in [4.69, 9.17) is 9.47 Å². The van der Waals surface area contributed by atoms with Crippen molar-refractivity contribution in [1.82, 2.24) is 0 Å². The van der Waals surface area contributed by atoms with Crippen LogP contribution in [0.4, 0.5) is 5.69 Å². The normalized spacial score (nSPS) is 9.12. The van der Waals surface area contributed by atoms with Crippen LogP contribution in [0, 0.1) is 10.1 Å². The van der Waals surface area contributed by atoms with E-state index in [1.54, 1.807) is 5.94 Å². The molecule has 84 valence electrons. The highest BCUT2D eigenvalue weighted by Gasteiger charge is 2.16. The molecule has 0 aliphatic carbocycles. The summed E-state index contributed by atoms with van der Waals surface area (Å²) in [6.07, 6.45) is 1.05. The van der Waals surface area contributed by atoms with E-state index in [0.29, 0.717) is 0 Å². The van der Waals surface area contributed by atoms with Crippen LogP contribution in [0.3, 0.4) is 0 Å². The Labute approximate surface area is 91.2 Å². The van der Waals surface area contributed by atoms with E-state index in [1.807, 2.05) is 0 Å². The van der Waals surface area contributed by atoms with Gasteiger partial charge in [0.15, 0.2) is 11.5 Å². The van der Waals surface area contributed by atoms with Gasteiger partial charge in [0, 0.05) is 17.7 Å². The minimum Gasteiger partial charge on any atom is -0.493 e. The van der Waals surface area contributed by atoms with Gasteiger partial charge in [-0.2, -0.15) is 0 Å².